The molecule has 0 atom stereocenters. The number of nitrogens with zero attached hydrogens (tertiary/aromatic N) is 1. The van der Waals surface area contributed by atoms with Crippen LogP contribution in [0.1, 0.15) is 46.0 Å². The molecule has 116 valence electrons. The fraction of sp³-hybridized carbons (Fsp3) is 0.857. The quantitative estimate of drug-likeness (QED) is 0.217. The summed E-state index contributed by atoms with van der Waals surface area (Å²) in [6, 6.07) is 0. The van der Waals surface area contributed by atoms with Gasteiger partial charge in [-0.05, 0) is 25.2 Å². The lowest BCUT2D eigenvalue weighted by atomic mass is 9.78. The zero-order valence-electron chi connectivity index (χ0n) is 12.5. The smallest absolute Gasteiger partial charge is 0.234 e. The molecule has 6 heteroatoms. The summed E-state index contributed by atoms with van der Waals surface area (Å²) < 4.78 is 5.27. The summed E-state index contributed by atoms with van der Waals surface area (Å²) >= 11 is 0. The highest BCUT2D eigenvalue weighted by atomic mass is 16.5. The molecule has 1 aliphatic heterocycles. The van der Waals surface area contributed by atoms with Crippen molar-refractivity contribution >= 4 is 11.7 Å². The van der Waals surface area contributed by atoms with Gasteiger partial charge in [0.15, 0.2) is 5.84 Å². The van der Waals surface area contributed by atoms with Gasteiger partial charge < -0.3 is 21.0 Å². The molecule has 0 spiro atoms. The SMILES string of the molecule is CC(C)CCCCNC(=O)C1(C(N)=NO)CCOCC1. The highest BCUT2D eigenvalue weighted by Gasteiger charge is 2.44. The van der Waals surface area contributed by atoms with E-state index in [1.165, 1.54) is 0 Å². The molecule has 1 saturated heterocycles. The summed E-state index contributed by atoms with van der Waals surface area (Å²) in [5.41, 5.74) is 4.83. The first-order valence-corrected chi connectivity index (χ1v) is 7.37. The van der Waals surface area contributed by atoms with Crippen LogP contribution in [0.25, 0.3) is 0 Å². The molecular weight excluding hydrogens is 258 g/mol. The van der Waals surface area contributed by atoms with Gasteiger partial charge in [0.1, 0.15) is 5.41 Å². The van der Waals surface area contributed by atoms with E-state index in [9.17, 15) is 4.79 Å². The molecule has 0 unspecified atom stereocenters. The largest absolute Gasteiger partial charge is 0.409 e. The second-order valence-electron chi connectivity index (χ2n) is 5.83. The van der Waals surface area contributed by atoms with E-state index >= 15 is 0 Å². The van der Waals surface area contributed by atoms with Crippen LogP contribution in [-0.4, -0.2) is 36.7 Å². The maximum atomic E-state index is 12.4. The molecule has 4 N–H and O–H groups in total. The average Bonchev–Trinajstić information content (AvgIpc) is 2.46. The Morgan fingerprint density at radius 2 is 2.05 bits per heavy atom. The van der Waals surface area contributed by atoms with E-state index in [0.29, 0.717) is 38.5 Å². The summed E-state index contributed by atoms with van der Waals surface area (Å²) in [5.74, 6) is 0.519. The first-order valence-electron chi connectivity index (χ1n) is 7.37. The van der Waals surface area contributed by atoms with Crippen molar-refractivity contribution in [1.82, 2.24) is 5.32 Å². The van der Waals surface area contributed by atoms with Gasteiger partial charge >= 0.3 is 0 Å². The maximum absolute atomic E-state index is 12.4. The number of unbranched alkanes of at least 4 members (excludes halogenated alkanes) is 1. The Hall–Kier alpha value is -1.30. The van der Waals surface area contributed by atoms with Gasteiger partial charge in [0.2, 0.25) is 5.91 Å². The number of carbonyl (C=O) groups is 1. The Kier molecular flexibility index (Phi) is 6.78. The molecule has 0 aromatic rings. The Morgan fingerprint density at radius 3 is 2.60 bits per heavy atom. The van der Waals surface area contributed by atoms with Crippen molar-refractivity contribution in [3.63, 3.8) is 0 Å². The van der Waals surface area contributed by atoms with Gasteiger partial charge in [-0.2, -0.15) is 0 Å². The maximum Gasteiger partial charge on any atom is 0.234 e. The van der Waals surface area contributed by atoms with Gasteiger partial charge in [-0.3, -0.25) is 4.79 Å². The number of nitrogens with two attached hydrogens (primary N) is 1. The van der Waals surface area contributed by atoms with E-state index in [1.807, 2.05) is 0 Å². The molecule has 1 fully saturated rings. The van der Waals surface area contributed by atoms with Crippen LogP contribution >= 0.6 is 0 Å². The van der Waals surface area contributed by atoms with Crippen molar-refractivity contribution in [3.05, 3.63) is 0 Å². The molecule has 20 heavy (non-hydrogen) atoms. The third-order valence-electron chi connectivity index (χ3n) is 3.87. The Balaban J connectivity index is 2.48. The van der Waals surface area contributed by atoms with Crippen LogP contribution in [0.5, 0.6) is 0 Å². The second-order valence-corrected chi connectivity index (χ2v) is 5.83. The van der Waals surface area contributed by atoms with Crippen molar-refractivity contribution in [3.8, 4) is 0 Å². The molecule has 1 amide bonds. The highest BCUT2D eigenvalue weighted by Crippen LogP contribution is 2.31. The number of hydrogen-bond donors (Lipinski definition) is 3. The molecule has 6 nitrogen and oxygen atoms in total. The number of amides is 1. The normalized spacial score (nSPS) is 19.1. The van der Waals surface area contributed by atoms with Crippen LogP contribution in [-0.2, 0) is 9.53 Å². The van der Waals surface area contributed by atoms with Gasteiger partial charge in [-0.25, -0.2) is 0 Å². The van der Waals surface area contributed by atoms with E-state index in [4.69, 9.17) is 15.7 Å². The van der Waals surface area contributed by atoms with Gasteiger partial charge in [0.05, 0.1) is 0 Å². The lowest BCUT2D eigenvalue weighted by Gasteiger charge is -2.34. The van der Waals surface area contributed by atoms with E-state index in [1.54, 1.807) is 0 Å². The fourth-order valence-electron chi connectivity index (χ4n) is 2.46. The lowest BCUT2D eigenvalue weighted by molar-refractivity contribution is -0.131. The van der Waals surface area contributed by atoms with Crippen LogP contribution < -0.4 is 11.1 Å². The number of rotatable bonds is 7. The van der Waals surface area contributed by atoms with Gasteiger partial charge in [-0.1, -0.05) is 31.8 Å². The Morgan fingerprint density at radius 1 is 1.40 bits per heavy atom. The number of hydrogen-bond acceptors (Lipinski definition) is 4. The molecule has 0 radical (unpaired) electrons. The number of amidine groups is 1. The third kappa shape index (κ3) is 4.37. The topological polar surface area (TPSA) is 96.9 Å². The monoisotopic (exact) mass is 285 g/mol. The minimum atomic E-state index is -0.912. The minimum absolute atomic E-state index is 0.0134. The average molecular weight is 285 g/mol. The van der Waals surface area contributed by atoms with Crippen LogP contribution in [0.15, 0.2) is 5.16 Å². The van der Waals surface area contributed by atoms with Crippen LogP contribution in [0, 0.1) is 11.3 Å². The van der Waals surface area contributed by atoms with Crippen LogP contribution in [0.3, 0.4) is 0 Å². The molecule has 0 aromatic heterocycles. The fourth-order valence-corrected chi connectivity index (χ4v) is 2.46. The Labute approximate surface area is 120 Å². The predicted octanol–water partition coefficient (Wildman–Crippen LogP) is 1.47. The molecule has 1 heterocycles. The third-order valence-corrected chi connectivity index (χ3v) is 3.87. The first-order chi connectivity index (χ1) is 9.53. The number of oxime groups is 1. The van der Waals surface area contributed by atoms with E-state index in [-0.39, 0.29) is 11.7 Å². The lowest BCUT2D eigenvalue weighted by Crippen LogP contribution is -2.52. The first kappa shape index (κ1) is 16.8. The van der Waals surface area contributed by atoms with Crippen molar-refractivity contribution in [2.24, 2.45) is 22.2 Å². The number of carbonyl (C=O) groups excluding carboxylic acids is 1. The van der Waals surface area contributed by atoms with E-state index in [0.717, 1.165) is 19.3 Å². The Bertz CT molecular complexity index is 337. The minimum Gasteiger partial charge on any atom is -0.409 e. The highest BCUT2D eigenvalue weighted by molar-refractivity contribution is 6.06. The number of nitrogens with one attached hydrogen (secondary N) is 1. The molecule has 0 saturated carbocycles. The molecular formula is C14H27N3O3. The van der Waals surface area contributed by atoms with Crippen LogP contribution in [0.2, 0.25) is 0 Å². The van der Waals surface area contributed by atoms with Crippen molar-refractivity contribution in [2.45, 2.75) is 46.0 Å². The summed E-state index contributed by atoms with van der Waals surface area (Å²) in [5, 5.41) is 14.9. The molecule has 0 aliphatic carbocycles. The van der Waals surface area contributed by atoms with Gasteiger partial charge in [0.25, 0.3) is 0 Å². The van der Waals surface area contributed by atoms with Crippen molar-refractivity contribution in [2.75, 3.05) is 19.8 Å². The zero-order valence-corrected chi connectivity index (χ0v) is 12.5. The van der Waals surface area contributed by atoms with Gasteiger partial charge in [-0.15, -0.1) is 0 Å². The summed E-state index contributed by atoms with van der Waals surface area (Å²) in [6.45, 7) is 5.92. The predicted molar refractivity (Wildman–Crippen MR) is 77.6 cm³/mol. The molecule has 1 aliphatic rings. The summed E-state index contributed by atoms with van der Waals surface area (Å²) in [6.07, 6.45) is 4.13. The molecule has 0 bridgehead atoms. The van der Waals surface area contributed by atoms with Crippen molar-refractivity contribution < 1.29 is 14.7 Å². The summed E-state index contributed by atoms with van der Waals surface area (Å²) in [7, 11) is 0. The zero-order chi connectivity index (χ0) is 15.0. The van der Waals surface area contributed by atoms with Crippen LogP contribution in [0.4, 0.5) is 0 Å². The molecule has 0 aromatic carbocycles. The van der Waals surface area contributed by atoms with E-state index < -0.39 is 5.41 Å². The van der Waals surface area contributed by atoms with Crippen molar-refractivity contribution in [1.29, 1.82) is 0 Å². The standard InChI is InChI=1S/C14H27N3O3/c1-11(2)5-3-4-8-16-13(18)14(12(15)17-19)6-9-20-10-7-14/h11,19H,3-10H2,1-2H3,(H2,15,17)(H,16,18). The molecule has 1 rings (SSSR count). The van der Waals surface area contributed by atoms with E-state index in [2.05, 4.69) is 24.3 Å². The van der Waals surface area contributed by atoms with Gasteiger partial charge in [0, 0.05) is 19.8 Å². The second kappa shape index (κ2) is 8.09. The number of ether oxygens (including phenoxy) is 1. The summed E-state index contributed by atoms with van der Waals surface area (Å²) in [4.78, 5) is 12.4.